The minimum Gasteiger partial charge on any atom is -0.245 e. The van der Waals surface area contributed by atoms with E-state index in [9.17, 15) is 13.0 Å². The molecule has 194 valence electrons. The molecule has 0 aliphatic heterocycles. The first-order valence-corrected chi connectivity index (χ1v) is 14.1. The van der Waals surface area contributed by atoms with Gasteiger partial charge in [0.1, 0.15) is 21.5 Å². The van der Waals surface area contributed by atoms with E-state index in [1.54, 1.807) is 30.6 Å². The number of aromatic nitrogens is 5. The fourth-order valence-corrected chi connectivity index (χ4v) is 6.73. The fraction of sp³-hybridized carbons (Fsp3) is 0.296. The average Bonchev–Trinajstić information content (AvgIpc) is 3.24. The lowest BCUT2D eigenvalue weighted by Gasteiger charge is -2.37. The molecule has 0 saturated heterocycles. The zero-order valence-electron chi connectivity index (χ0n) is 21.0. The molecular formula is C27H25F2N7OS. The molecule has 3 aromatic heterocycles. The Morgan fingerprint density at radius 3 is 2.53 bits per heavy atom. The van der Waals surface area contributed by atoms with E-state index in [2.05, 4.69) is 38.4 Å². The molecule has 11 heteroatoms. The van der Waals surface area contributed by atoms with E-state index in [0.717, 1.165) is 29.8 Å². The van der Waals surface area contributed by atoms with Gasteiger partial charge in [0.05, 0.1) is 28.1 Å². The zero-order chi connectivity index (χ0) is 26.9. The van der Waals surface area contributed by atoms with E-state index in [1.807, 2.05) is 6.07 Å². The molecule has 1 aromatic carbocycles. The molecular weight excluding hydrogens is 508 g/mol. The van der Waals surface area contributed by atoms with Crippen molar-refractivity contribution in [3.63, 3.8) is 0 Å². The molecule has 8 nitrogen and oxygen atoms in total. The summed E-state index contributed by atoms with van der Waals surface area (Å²) in [5, 5.41) is 14.4. The van der Waals surface area contributed by atoms with Gasteiger partial charge in [-0.25, -0.2) is 33.1 Å². The van der Waals surface area contributed by atoms with E-state index < -0.39 is 27.0 Å². The highest BCUT2D eigenvalue weighted by molar-refractivity contribution is 7.90. The Hall–Kier alpha value is -3.70. The van der Waals surface area contributed by atoms with Crippen molar-refractivity contribution in [2.45, 2.75) is 38.0 Å². The van der Waals surface area contributed by atoms with Gasteiger partial charge in [-0.15, -0.1) is 5.10 Å². The van der Waals surface area contributed by atoms with Crippen LogP contribution in [0.15, 0.2) is 59.2 Å². The Morgan fingerprint density at radius 2 is 1.84 bits per heavy atom. The Balaban J connectivity index is 1.45. The van der Waals surface area contributed by atoms with E-state index in [1.165, 1.54) is 24.5 Å². The lowest BCUT2D eigenvalue weighted by Crippen LogP contribution is -2.38. The van der Waals surface area contributed by atoms with Crippen molar-refractivity contribution >= 4 is 15.7 Å². The van der Waals surface area contributed by atoms with E-state index in [-0.39, 0.29) is 28.4 Å². The number of hydrogen-bond acceptors (Lipinski definition) is 7. The summed E-state index contributed by atoms with van der Waals surface area (Å²) < 4.78 is 44.7. The number of nitrogens with zero attached hydrogens (tertiary/aromatic N) is 6. The molecule has 1 fully saturated rings. The van der Waals surface area contributed by atoms with Crippen molar-refractivity contribution in [2.24, 2.45) is 14.9 Å². The number of benzene rings is 1. The molecule has 38 heavy (non-hydrogen) atoms. The molecule has 3 heterocycles. The summed E-state index contributed by atoms with van der Waals surface area (Å²) in [5.74, 6) is -0.469. The highest BCUT2D eigenvalue weighted by atomic mass is 32.2. The van der Waals surface area contributed by atoms with Crippen LogP contribution in [-0.4, -0.2) is 35.6 Å². The van der Waals surface area contributed by atoms with Crippen LogP contribution in [0.1, 0.15) is 49.6 Å². The second-order valence-electron chi connectivity index (χ2n) is 10.5. The van der Waals surface area contributed by atoms with Gasteiger partial charge in [0.15, 0.2) is 11.6 Å². The van der Waals surface area contributed by atoms with E-state index in [4.69, 9.17) is 10.1 Å². The lowest BCUT2D eigenvalue weighted by atomic mass is 9.66. The first kappa shape index (κ1) is 24.6. The van der Waals surface area contributed by atoms with Gasteiger partial charge in [-0.3, -0.25) is 0 Å². The summed E-state index contributed by atoms with van der Waals surface area (Å²) in [6, 6.07) is 10.8. The van der Waals surface area contributed by atoms with Crippen LogP contribution in [0.5, 0.6) is 0 Å². The number of halogens is 2. The average molecular weight is 534 g/mol. The second kappa shape index (κ2) is 8.40. The molecule has 4 aromatic rings. The number of pyridine rings is 1. The van der Waals surface area contributed by atoms with Gasteiger partial charge in [0, 0.05) is 24.2 Å². The number of nitrogens with two attached hydrogens (primary N) is 1. The third kappa shape index (κ3) is 3.64. The number of fused-ring (bicyclic) bond motifs is 5. The smallest absolute Gasteiger partial charge is 0.162 e. The lowest BCUT2D eigenvalue weighted by molar-refractivity contribution is 0.243. The van der Waals surface area contributed by atoms with Crippen molar-refractivity contribution in [2.75, 3.05) is 6.26 Å². The maximum atomic E-state index is 14.5. The van der Waals surface area contributed by atoms with Crippen LogP contribution in [0.4, 0.5) is 14.6 Å². The van der Waals surface area contributed by atoms with Gasteiger partial charge < -0.3 is 0 Å². The quantitative estimate of drug-likeness (QED) is 0.391. The summed E-state index contributed by atoms with van der Waals surface area (Å²) in [7, 11) is -2.82. The SMILES string of the molecule is CC1(C)[C@H]2CC[C@]1(c1ccnc(-c3ccc(N=S(C)(N)=O)nc3)n1)c1nnc(-c3c(F)cccc3F)cc12. The van der Waals surface area contributed by atoms with Crippen LogP contribution in [0.3, 0.4) is 0 Å². The monoisotopic (exact) mass is 533 g/mol. The number of rotatable bonds is 4. The predicted octanol–water partition coefficient (Wildman–Crippen LogP) is 5.08. The van der Waals surface area contributed by atoms with Crippen LogP contribution < -0.4 is 5.14 Å². The Labute approximate surface area is 219 Å². The van der Waals surface area contributed by atoms with Gasteiger partial charge in [-0.2, -0.15) is 9.46 Å². The van der Waals surface area contributed by atoms with Crippen LogP contribution in [0, 0.1) is 17.0 Å². The first-order valence-electron chi connectivity index (χ1n) is 12.1. The van der Waals surface area contributed by atoms with Gasteiger partial charge in [0.25, 0.3) is 0 Å². The summed E-state index contributed by atoms with van der Waals surface area (Å²) >= 11 is 0. The molecule has 0 spiro atoms. The summed E-state index contributed by atoms with van der Waals surface area (Å²) in [5.41, 5.74) is 2.42. The van der Waals surface area contributed by atoms with Crippen LogP contribution in [0.2, 0.25) is 0 Å². The van der Waals surface area contributed by atoms with Gasteiger partial charge in [0.2, 0.25) is 0 Å². The van der Waals surface area contributed by atoms with Crippen molar-refractivity contribution in [1.29, 1.82) is 0 Å². The van der Waals surface area contributed by atoms with Crippen molar-refractivity contribution in [1.82, 2.24) is 25.1 Å². The zero-order valence-corrected chi connectivity index (χ0v) is 21.8. The Bertz CT molecular complexity index is 1690. The number of hydrogen-bond donors (Lipinski definition) is 1. The van der Waals surface area contributed by atoms with Gasteiger partial charge in [-0.05, 0) is 66.1 Å². The predicted molar refractivity (Wildman–Crippen MR) is 140 cm³/mol. The van der Waals surface area contributed by atoms with Gasteiger partial charge in [-0.1, -0.05) is 19.9 Å². The molecule has 2 N–H and O–H groups in total. The van der Waals surface area contributed by atoms with E-state index in [0.29, 0.717) is 11.4 Å². The molecule has 6 rings (SSSR count). The molecule has 1 saturated carbocycles. The molecule has 3 atom stereocenters. The normalized spacial score (nSPS) is 22.6. The van der Waals surface area contributed by atoms with Crippen LogP contribution in [0.25, 0.3) is 22.6 Å². The third-order valence-electron chi connectivity index (χ3n) is 7.97. The maximum absolute atomic E-state index is 14.5. The van der Waals surface area contributed by atoms with Gasteiger partial charge >= 0.3 is 0 Å². The second-order valence-corrected chi connectivity index (χ2v) is 12.4. The fourth-order valence-electron chi connectivity index (χ4n) is 6.25. The van der Waals surface area contributed by atoms with Crippen molar-refractivity contribution in [3.05, 3.63) is 83.4 Å². The van der Waals surface area contributed by atoms with Crippen LogP contribution >= 0.6 is 0 Å². The highest BCUT2D eigenvalue weighted by Gasteiger charge is 2.65. The molecule has 2 aliphatic rings. The molecule has 1 unspecified atom stereocenters. The maximum Gasteiger partial charge on any atom is 0.162 e. The summed E-state index contributed by atoms with van der Waals surface area (Å²) in [4.78, 5) is 13.7. The first-order chi connectivity index (χ1) is 18.0. The standard InChI is InChI=1S/C27H25F2N7OS/c1-26(2)17-9-11-27(26,24-16(17)13-20(34-35-24)23-18(28)5-4-6-19(23)29)21-10-12-31-25(33-21)15-7-8-22(32-14-15)36-38(3,30)37/h4-8,10,12-14,17H,9,11H2,1-3H3,(H2,30,32,36,37)/t17-,27-,38?/m0/s1. The van der Waals surface area contributed by atoms with Crippen molar-refractivity contribution < 1.29 is 13.0 Å². The Kier molecular flexibility index (Phi) is 5.45. The van der Waals surface area contributed by atoms with Crippen molar-refractivity contribution in [3.8, 4) is 22.6 Å². The molecule has 0 radical (unpaired) electrons. The van der Waals surface area contributed by atoms with Crippen LogP contribution in [-0.2, 0) is 15.3 Å². The minimum absolute atomic E-state index is 0.128. The molecule has 2 bridgehead atoms. The highest BCUT2D eigenvalue weighted by Crippen LogP contribution is 2.69. The Morgan fingerprint density at radius 1 is 1.08 bits per heavy atom. The summed E-state index contributed by atoms with van der Waals surface area (Å²) in [6.45, 7) is 4.37. The minimum atomic E-state index is -2.82. The molecule has 2 aliphatic carbocycles. The molecule has 0 amide bonds. The largest absolute Gasteiger partial charge is 0.245 e. The topological polar surface area (TPSA) is 120 Å². The summed E-state index contributed by atoms with van der Waals surface area (Å²) in [6.07, 6.45) is 6.32. The van der Waals surface area contributed by atoms with E-state index >= 15 is 0 Å². The third-order valence-corrected chi connectivity index (χ3v) is 8.52.